The van der Waals surface area contributed by atoms with Gasteiger partial charge >= 0.3 is 0 Å². The topological polar surface area (TPSA) is 37.0 Å². The number of nitrogens with one attached hydrogen (secondary N) is 2. The molecule has 2 heterocycles. The Morgan fingerprint density at radius 1 is 1.47 bits per heavy atom. The zero-order chi connectivity index (χ0) is 10.3. The van der Waals surface area contributed by atoms with Crippen molar-refractivity contribution in [1.82, 2.24) is 10.3 Å². The highest BCUT2D eigenvalue weighted by Gasteiger charge is 2.52. The summed E-state index contributed by atoms with van der Waals surface area (Å²) < 4.78 is 1.05. The zero-order valence-electron chi connectivity index (χ0n) is 8.41. The van der Waals surface area contributed by atoms with Gasteiger partial charge < -0.3 is 10.6 Å². The fourth-order valence-electron chi connectivity index (χ4n) is 2.58. The van der Waals surface area contributed by atoms with Gasteiger partial charge in [-0.3, -0.25) is 0 Å². The van der Waals surface area contributed by atoms with Gasteiger partial charge in [-0.05, 0) is 58.9 Å². The molecule has 15 heavy (non-hydrogen) atoms. The molecule has 2 aliphatic rings. The largest absolute Gasteiger partial charge is 0.369 e. The quantitative estimate of drug-likeness (QED) is 0.876. The first kappa shape index (κ1) is 9.60. The molecule has 1 saturated carbocycles. The maximum Gasteiger partial charge on any atom is 0.140 e. The highest BCUT2D eigenvalue weighted by atomic mass is 79.9. The van der Waals surface area contributed by atoms with Crippen molar-refractivity contribution in [3.8, 4) is 0 Å². The van der Waals surface area contributed by atoms with Crippen molar-refractivity contribution in [3.63, 3.8) is 0 Å². The lowest BCUT2D eigenvalue weighted by atomic mass is 10.3. The maximum atomic E-state index is 4.30. The Balaban J connectivity index is 1.57. The standard InChI is InChI=1S/C11H14BrN3/c12-10-2-1-3-14-11(10)15-6-9-7-4-13-5-8(7)9/h1-3,7-9,13H,4-6H2,(H,14,15). The summed E-state index contributed by atoms with van der Waals surface area (Å²) in [6.07, 6.45) is 1.82. The molecule has 0 spiro atoms. The molecule has 0 radical (unpaired) electrons. The molecule has 1 aliphatic carbocycles. The molecular weight excluding hydrogens is 254 g/mol. The second kappa shape index (κ2) is 3.76. The first-order valence-corrected chi connectivity index (χ1v) is 6.20. The van der Waals surface area contributed by atoms with Crippen LogP contribution in [0.25, 0.3) is 0 Å². The fraction of sp³-hybridized carbons (Fsp3) is 0.545. The van der Waals surface area contributed by atoms with Crippen LogP contribution in [0.5, 0.6) is 0 Å². The number of hydrogen-bond acceptors (Lipinski definition) is 3. The lowest BCUT2D eigenvalue weighted by molar-refractivity contribution is 0.614. The molecule has 0 amide bonds. The van der Waals surface area contributed by atoms with Crippen molar-refractivity contribution in [1.29, 1.82) is 0 Å². The molecule has 3 nitrogen and oxygen atoms in total. The highest BCUT2D eigenvalue weighted by molar-refractivity contribution is 9.10. The number of halogens is 1. The average molecular weight is 268 g/mol. The molecular formula is C11H14BrN3. The van der Waals surface area contributed by atoms with E-state index in [4.69, 9.17) is 0 Å². The summed E-state index contributed by atoms with van der Waals surface area (Å²) in [7, 11) is 0. The predicted octanol–water partition coefficient (Wildman–Crippen LogP) is 1.72. The van der Waals surface area contributed by atoms with Gasteiger partial charge in [0, 0.05) is 12.7 Å². The van der Waals surface area contributed by atoms with E-state index in [9.17, 15) is 0 Å². The van der Waals surface area contributed by atoms with Gasteiger partial charge in [0.05, 0.1) is 4.47 Å². The average Bonchev–Trinajstić information content (AvgIpc) is 2.71. The Hall–Kier alpha value is -0.610. The van der Waals surface area contributed by atoms with Gasteiger partial charge in [-0.15, -0.1) is 0 Å². The van der Waals surface area contributed by atoms with Crippen LogP contribution in [0.2, 0.25) is 0 Å². The smallest absolute Gasteiger partial charge is 0.140 e. The van der Waals surface area contributed by atoms with Crippen LogP contribution in [0.15, 0.2) is 22.8 Å². The molecule has 3 rings (SSSR count). The number of aromatic nitrogens is 1. The van der Waals surface area contributed by atoms with Crippen molar-refractivity contribution in [3.05, 3.63) is 22.8 Å². The van der Waals surface area contributed by atoms with E-state index < -0.39 is 0 Å². The van der Waals surface area contributed by atoms with Crippen molar-refractivity contribution >= 4 is 21.7 Å². The van der Waals surface area contributed by atoms with Crippen LogP contribution >= 0.6 is 15.9 Å². The Morgan fingerprint density at radius 2 is 2.27 bits per heavy atom. The van der Waals surface area contributed by atoms with Crippen molar-refractivity contribution < 1.29 is 0 Å². The van der Waals surface area contributed by atoms with Crippen LogP contribution < -0.4 is 10.6 Å². The Morgan fingerprint density at radius 3 is 3.00 bits per heavy atom. The van der Waals surface area contributed by atoms with E-state index in [-0.39, 0.29) is 0 Å². The normalized spacial score (nSPS) is 32.5. The summed E-state index contributed by atoms with van der Waals surface area (Å²) in [6.45, 7) is 3.48. The minimum atomic E-state index is 0.861. The number of pyridine rings is 1. The SMILES string of the molecule is Brc1cccnc1NCC1C2CNCC21. The van der Waals surface area contributed by atoms with Crippen LogP contribution in [-0.4, -0.2) is 24.6 Å². The van der Waals surface area contributed by atoms with Crippen LogP contribution in [0, 0.1) is 17.8 Å². The minimum absolute atomic E-state index is 0.861. The summed E-state index contributed by atoms with van der Waals surface area (Å²) in [5.74, 6) is 3.66. The lowest BCUT2D eigenvalue weighted by Crippen LogP contribution is -2.18. The molecule has 1 aromatic rings. The molecule has 4 heteroatoms. The van der Waals surface area contributed by atoms with Gasteiger partial charge in [0.2, 0.25) is 0 Å². The molecule has 1 aliphatic heterocycles. The van der Waals surface area contributed by atoms with Gasteiger partial charge in [0.1, 0.15) is 5.82 Å². The third-order valence-corrected chi connectivity index (χ3v) is 4.17. The first-order valence-electron chi connectivity index (χ1n) is 5.41. The third kappa shape index (κ3) is 1.76. The van der Waals surface area contributed by atoms with Gasteiger partial charge in [-0.2, -0.15) is 0 Å². The Labute approximate surface area is 97.8 Å². The van der Waals surface area contributed by atoms with Crippen LogP contribution in [0.4, 0.5) is 5.82 Å². The molecule has 2 atom stereocenters. The summed E-state index contributed by atoms with van der Waals surface area (Å²) in [5.41, 5.74) is 0. The number of nitrogens with zero attached hydrogens (tertiary/aromatic N) is 1. The van der Waals surface area contributed by atoms with E-state index in [1.54, 1.807) is 0 Å². The predicted molar refractivity (Wildman–Crippen MR) is 63.8 cm³/mol. The summed E-state index contributed by atoms with van der Waals surface area (Å²) in [6, 6.07) is 3.95. The highest BCUT2D eigenvalue weighted by Crippen LogP contribution is 2.48. The first-order chi connectivity index (χ1) is 7.36. The summed E-state index contributed by atoms with van der Waals surface area (Å²) >= 11 is 3.49. The number of piperidine rings is 1. The fourth-order valence-corrected chi connectivity index (χ4v) is 2.97. The van der Waals surface area contributed by atoms with Crippen molar-refractivity contribution in [2.75, 3.05) is 25.0 Å². The molecule has 1 aromatic heterocycles. The van der Waals surface area contributed by atoms with Crippen molar-refractivity contribution in [2.24, 2.45) is 17.8 Å². The molecule has 2 unspecified atom stereocenters. The minimum Gasteiger partial charge on any atom is -0.369 e. The molecule has 1 saturated heterocycles. The molecule has 80 valence electrons. The summed E-state index contributed by atoms with van der Waals surface area (Å²) in [5, 5.41) is 6.83. The van der Waals surface area contributed by atoms with Gasteiger partial charge in [-0.25, -0.2) is 4.98 Å². The molecule has 0 aromatic carbocycles. The third-order valence-electron chi connectivity index (χ3n) is 3.53. The number of rotatable bonds is 3. The molecule has 2 fully saturated rings. The number of hydrogen-bond donors (Lipinski definition) is 2. The number of anilines is 1. The van der Waals surface area contributed by atoms with E-state index in [1.807, 2.05) is 18.3 Å². The second-order valence-electron chi connectivity index (χ2n) is 4.36. The molecule has 0 bridgehead atoms. The van der Waals surface area contributed by atoms with Crippen LogP contribution in [0.3, 0.4) is 0 Å². The Bertz CT molecular complexity index is 359. The van der Waals surface area contributed by atoms with Gasteiger partial charge in [0.15, 0.2) is 0 Å². The van der Waals surface area contributed by atoms with Crippen LogP contribution in [0.1, 0.15) is 0 Å². The number of fused-ring (bicyclic) bond motifs is 1. The van der Waals surface area contributed by atoms with E-state index in [2.05, 4.69) is 31.5 Å². The van der Waals surface area contributed by atoms with Gasteiger partial charge in [-0.1, -0.05) is 0 Å². The summed E-state index contributed by atoms with van der Waals surface area (Å²) in [4.78, 5) is 4.30. The van der Waals surface area contributed by atoms with E-state index in [0.29, 0.717) is 0 Å². The lowest BCUT2D eigenvalue weighted by Gasteiger charge is -2.08. The molecule has 2 N–H and O–H groups in total. The second-order valence-corrected chi connectivity index (χ2v) is 5.22. The Kier molecular flexibility index (Phi) is 2.41. The van der Waals surface area contributed by atoms with E-state index in [1.165, 1.54) is 13.1 Å². The van der Waals surface area contributed by atoms with E-state index in [0.717, 1.165) is 34.6 Å². The van der Waals surface area contributed by atoms with E-state index >= 15 is 0 Å². The van der Waals surface area contributed by atoms with Crippen molar-refractivity contribution in [2.45, 2.75) is 0 Å². The maximum absolute atomic E-state index is 4.30. The monoisotopic (exact) mass is 267 g/mol. The van der Waals surface area contributed by atoms with Crippen LogP contribution in [-0.2, 0) is 0 Å². The van der Waals surface area contributed by atoms with Gasteiger partial charge in [0.25, 0.3) is 0 Å². The zero-order valence-corrected chi connectivity index (χ0v) is 10.00.